The van der Waals surface area contributed by atoms with Gasteiger partial charge in [-0.1, -0.05) is 13.0 Å². The molecule has 2 N–H and O–H groups in total. The van der Waals surface area contributed by atoms with Gasteiger partial charge in [-0.05, 0) is 36.9 Å². The van der Waals surface area contributed by atoms with Crippen molar-refractivity contribution in [3.63, 3.8) is 0 Å². The lowest BCUT2D eigenvalue weighted by Crippen LogP contribution is -2.45. The van der Waals surface area contributed by atoms with E-state index in [-0.39, 0.29) is 11.3 Å². The van der Waals surface area contributed by atoms with Crippen LogP contribution in [0.1, 0.15) is 30.1 Å². The molecular weight excluding hydrogens is 252 g/mol. The van der Waals surface area contributed by atoms with E-state index in [9.17, 15) is 4.79 Å². The molecule has 3 heterocycles. The lowest BCUT2D eigenvalue weighted by atomic mass is 9.83. The quantitative estimate of drug-likeness (QED) is 0.889. The predicted molar refractivity (Wildman–Crippen MR) is 77.7 cm³/mol. The monoisotopic (exact) mass is 272 g/mol. The summed E-state index contributed by atoms with van der Waals surface area (Å²) in [6, 6.07) is 5.72. The van der Waals surface area contributed by atoms with Crippen LogP contribution in [0.4, 0.5) is 0 Å². The molecule has 2 aromatic rings. The first-order valence-corrected chi connectivity index (χ1v) is 7.09. The van der Waals surface area contributed by atoms with Crippen LogP contribution in [-0.4, -0.2) is 35.2 Å². The van der Waals surface area contributed by atoms with E-state index in [0.29, 0.717) is 12.1 Å². The van der Waals surface area contributed by atoms with Crippen molar-refractivity contribution in [3.05, 3.63) is 36.2 Å². The summed E-state index contributed by atoms with van der Waals surface area (Å²) in [6.45, 7) is 4.96. The third-order valence-corrected chi connectivity index (χ3v) is 4.03. The maximum absolute atomic E-state index is 12.3. The van der Waals surface area contributed by atoms with Crippen molar-refractivity contribution < 1.29 is 4.79 Å². The predicted octanol–water partition coefficient (Wildman–Crippen LogP) is 1.45. The van der Waals surface area contributed by atoms with Crippen LogP contribution in [0, 0.1) is 5.41 Å². The molecule has 2 aromatic heterocycles. The summed E-state index contributed by atoms with van der Waals surface area (Å²) in [4.78, 5) is 12.3. The number of pyridine rings is 1. The minimum atomic E-state index is -0.0435. The van der Waals surface area contributed by atoms with Crippen LogP contribution < -0.4 is 10.6 Å². The minimum absolute atomic E-state index is 0.0435. The summed E-state index contributed by atoms with van der Waals surface area (Å²) < 4.78 is 1.72. The number of aromatic nitrogens is 2. The number of rotatable bonds is 3. The maximum atomic E-state index is 12.3. The van der Waals surface area contributed by atoms with Gasteiger partial charge in [-0.25, -0.2) is 4.52 Å². The molecule has 0 radical (unpaired) electrons. The Bertz CT molecular complexity index is 613. The molecule has 1 unspecified atom stereocenters. The topological polar surface area (TPSA) is 58.4 Å². The molecule has 0 saturated carbocycles. The van der Waals surface area contributed by atoms with Crippen LogP contribution in [0.15, 0.2) is 30.6 Å². The Hall–Kier alpha value is -1.88. The molecule has 5 nitrogen and oxygen atoms in total. The van der Waals surface area contributed by atoms with Gasteiger partial charge in [-0.3, -0.25) is 4.79 Å². The van der Waals surface area contributed by atoms with E-state index in [1.807, 2.05) is 24.4 Å². The fraction of sp³-hybridized carbons (Fsp3) is 0.467. The smallest absolute Gasteiger partial charge is 0.255 e. The van der Waals surface area contributed by atoms with Gasteiger partial charge < -0.3 is 10.6 Å². The standard InChI is InChI=1S/C15H20N4O/c1-15(6-4-7-16-10-15)11-17-14(20)12-9-18-19-8-3-2-5-13(12)19/h2-3,5,8-9,16H,4,6-7,10-11H2,1H3,(H,17,20). The van der Waals surface area contributed by atoms with E-state index < -0.39 is 0 Å². The third-order valence-electron chi connectivity index (χ3n) is 4.03. The van der Waals surface area contributed by atoms with Gasteiger partial charge in [0.15, 0.2) is 0 Å². The number of amides is 1. The third kappa shape index (κ3) is 2.54. The van der Waals surface area contributed by atoms with Gasteiger partial charge in [0.1, 0.15) is 0 Å². The van der Waals surface area contributed by atoms with Crippen LogP contribution in [0.5, 0.6) is 0 Å². The van der Waals surface area contributed by atoms with Gasteiger partial charge >= 0.3 is 0 Å². The largest absolute Gasteiger partial charge is 0.351 e. The highest BCUT2D eigenvalue weighted by molar-refractivity contribution is 6.00. The number of piperidine rings is 1. The fourth-order valence-corrected chi connectivity index (χ4v) is 2.77. The average molecular weight is 272 g/mol. The average Bonchev–Trinajstić information content (AvgIpc) is 2.90. The van der Waals surface area contributed by atoms with E-state index in [1.54, 1.807) is 10.7 Å². The fourth-order valence-electron chi connectivity index (χ4n) is 2.77. The zero-order valence-corrected chi connectivity index (χ0v) is 11.7. The zero-order chi connectivity index (χ0) is 14.0. The number of nitrogens with zero attached hydrogens (tertiary/aromatic N) is 2. The Balaban J connectivity index is 1.70. The highest BCUT2D eigenvalue weighted by atomic mass is 16.1. The summed E-state index contributed by atoms with van der Waals surface area (Å²) >= 11 is 0. The molecule has 0 bridgehead atoms. The molecule has 1 atom stereocenters. The summed E-state index contributed by atoms with van der Waals surface area (Å²) in [7, 11) is 0. The Morgan fingerprint density at radius 3 is 3.25 bits per heavy atom. The number of carbonyl (C=O) groups is 1. The first-order valence-electron chi connectivity index (χ1n) is 7.09. The minimum Gasteiger partial charge on any atom is -0.351 e. The molecule has 1 amide bonds. The van der Waals surface area contributed by atoms with Crippen LogP contribution >= 0.6 is 0 Å². The molecule has 106 valence electrons. The van der Waals surface area contributed by atoms with Crippen LogP contribution in [-0.2, 0) is 0 Å². The molecule has 0 aliphatic carbocycles. The first kappa shape index (κ1) is 13.1. The van der Waals surface area contributed by atoms with E-state index in [4.69, 9.17) is 0 Å². The van der Waals surface area contributed by atoms with Gasteiger partial charge in [0.25, 0.3) is 5.91 Å². The Morgan fingerprint density at radius 2 is 2.45 bits per heavy atom. The lowest BCUT2D eigenvalue weighted by molar-refractivity contribution is 0.0926. The molecule has 1 saturated heterocycles. The lowest BCUT2D eigenvalue weighted by Gasteiger charge is -2.34. The molecule has 5 heteroatoms. The van der Waals surface area contributed by atoms with Gasteiger partial charge in [0, 0.05) is 19.3 Å². The molecule has 1 fully saturated rings. The van der Waals surface area contributed by atoms with Crippen molar-refractivity contribution in [1.29, 1.82) is 0 Å². The normalized spacial score (nSPS) is 22.9. The van der Waals surface area contributed by atoms with Crippen molar-refractivity contribution in [2.75, 3.05) is 19.6 Å². The Morgan fingerprint density at radius 1 is 1.55 bits per heavy atom. The zero-order valence-electron chi connectivity index (χ0n) is 11.7. The van der Waals surface area contributed by atoms with Crippen molar-refractivity contribution in [2.24, 2.45) is 5.41 Å². The molecular formula is C15H20N4O. The van der Waals surface area contributed by atoms with Gasteiger partial charge in [0.05, 0.1) is 17.3 Å². The van der Waals surface area contributed by atoms with Crippen molar-refractivity contribution in [3.8, 4) is 0 Å². The summed E-state index contributed by atoms with van der Waals surface area (Å²) in [5.74, 6) is -0.0435. The van der Waals surface area contributed by atoms with Gasteiger partial charge in [0.2, 0.25) is 0 Å². The first-order chi connectivity index (χ1) is 9.68. The number of carbonyl (C=O) groups excluding carboxylic acids is 1. The number of fused-ring (bicyclic) bond motifs is 1. The van der Waals surface area contributed by atoms with Crippen LogP contribution in [0.25, 0.3) is 5.52 Å². The Kier molecular flexibility index (Phi) is 3.44. The second kappa shape index (κ2) is 5.25. The maximum Gasteiger partial charge on any atom is 0.255 e. The number of hydrogen-bond donors (Lipinski definition) is 2. The second-order valence-electron chi connectivity index (χ2n) is 5.86. The van der Waals surface area contributed by atoms with E-state index in [1.165, 1.54) is 6.42 Å². The van der Waals surface area contributed by atoms with E-state index >= 15 is 0 Å². The summed E-state index contributed by atoms with van der Waals surface area (Å²) in [5.41, 5.74) is 1.63. The highest BCUT2D eigenvalue weighted by Gasteiger charge is 2.27. The molecule has 1 aliphatic heterocycles. The van der Waals surface area contributed by atoms with E-state index in [2.05, 4.69) is 22.7 Å². The molecule has 1 aliphatic rings. The van der Waals surface area contributed by atoms with Gasteiger partial charge in [-0.15, -0.1) is 0 Å². The van der Waals surface area contributed by atoms with Crippen molar-refractivity contribution >= 4 is 11.4 Å². The van der Waals surface area contributed by atoms with Crippen molar-refractivity contribution in [1.82, 2.24) is 20.2 Å². The van der Waals surface area contributed by atoms with Crippen LogP contribution in [0.2, 0.25) is 0 Å². The summed E-state index contributed by atoms with van der Waals surface area (Å²) in [5, 5.41) is 10.6. The second-order valence-corrected chi connectivity index (χ2v) is 5.86. The molecule has 0 spiro atoms. The van der Waals surface area contributed by atoms with Gasteiger partial charge in [-0.2, -0.15) is 5.10 Å². The van der Waals surface area contributed by atoms with Crippen LogP contribution in [0.3, 0.4) is 0 Å². The summed E-state index contributed by atoms with van der Waals surface area (Å²) in [6.07, 6.45) is 5.79. The van der Waals surface area contributed by atoms with Crippen molar-refractivity contribution in [2.45, 2.75) is 19.8 Å². The number of nitrogens with one attached hydrogen (secondary N) is 2. The molecule has 0 aromatic carbocycles. The SMILES string of the molecule is CC1(CNC(=O)c2cnn3ccccc23)CCCNC1. The van der Waals surface area contributed by atoms with E-state index in [0.717, 1.165) is 25.0 Å². The molecule has 20 heavy (non-hydrogen) atoms. The number of hydrogen-bond acceptors (Lipinski definition) is 3. The highest BCUT2D eigenvalue weighted by Crippen LogP contribution is 2.24. The molecule has 3 rings (SSSR count). The Labute approximate surface area is 118 Å².